The summed E-state index contributed by atoms with van der Waals surface area (Å²) in [7, 11) is 0. The molecule has 1 saturated heterocycles. The molecule has 1 atom stereocenters. The lowest BCUT2D eigenvalue weighted by Gasteiger charge is -2.33. The van der Waals surface area contributed by atoms with Crippen LogP contribution in [0.3, 0.4) is 0 Å². The topological polar surface area (TPSA) is 94.1 Å². The van der Waals surface area contributed by atoms with Gasteiger partial charge in [0.25, 0.3) is 0 Å². The van der Waals surface area contributed by atoms with Crippen LogP contribution in [0.25, 0.3) is 22.5 Å². The number of carbonyl (C=O) groups excluding carboxylic acids is 1. The standard InChI is InChI=1S/C31H33Cl2N5O2/c1-31(2,19-35-29(40)23-4-3-15-38(18-23)17-20-5-8-24(32)9-6-20)30-36-27(21-11-13-34-14-12-21)28(37-30)22-7-10-25(33)26(39)16-22/h5-14,16,23,39H,3-4,15,17-19H2,1-2H3,(H,35,40)(H,36,37)/t23-/m1/s1. The molecule has 1 amide bonds. The fraction of sp³-hybridized carbons (Fsp3) is 0.323. The van der Waals surface area contributed by atoms with E-state index in [9.17, 15) is 9.90 Å². The predicted octanol–water partition coefficient (Wildman–Crippen LogP) is 6.46. The first-order valence-electron chi connectivity index (χ1n) is 13.4. The van der Waals surface area contributed by atoms with E-state index in [1.54, 1.807) is 24.5 Å². The molecule has 1 aliphatic heterocycles. The molecule has 0 saturated carbocycles. The Bertz CT molecular complexity index is 1470. The van der Waals surface area contributed by atoms with Crippen LogP contribution in [0.1, 0.15) is 38.1 Å². The van der Waals surface area contributed by atoms with Crippen molar-refractivity contribution in [2.24, 2.45) is 5.92 Å². The lowest BCUT2D eigenvalue weighted by molar-refractivity contribution is -0.127. The zero-order chi connectivity index (χ0) is 28.3. The number of benzene rings is 2. The normalized spacial score (nSPS) is 16.1. The van der Waals surface area contributed by atoms with Crippen molar-refractivity contribution in [2.75, 3.05) is 19.6 Å². The number of aromatic nitrogens is 3. The molecule has 1 fully saturated rings. The number of imidazole rings is 1. The number of hydrogen-bond acceptors (Lipinski definition) is 5. The van der Waals surface area contributed by atoms with E-state index in [0.717, 1.165) is 60.1 Å². The zero-order valence-corrected chi connectivity index (χ0v) is 24.1. The number of nitrogens with one attached hydrogen (secondary N) is 2. The second kappa shape index (κ2) is 12.0. The summed E-state index contributed by atoms with van der Waals surface area (Å²) in [6.07, 6.45) is 5.32. The van der Waals surface area contributed by atoms with Crippen LogP contribution in [0, 0.1) is 5.92 Å². The van der Waals surface area contributed by atoms with E-state index in [1.807, 2.05) is 42.5 Å². The Balaban J connectivity index is 1.30. The maximum absolute atomic E-state index is 13.3. The number of nitrogens with zero attached hydrogens (tertiary/aromatic N) is 3. The lowest BCUT2D eigenvalue weighted by atomic mass is 9.91. The number of likely N-dealkylation sites (tertiary alicyclic amines) is 1. The first kappa shape index (κ1) is 28.1. The summed E-state index contributed by atoms with van der Waals surface area (Å²) in [5, 5.41) is 14.4. The number of aromatic hydroxyl groups is 1. The van der Waals surface area contributed by atoms with Crippen LogP contribution < -0.4 is 5.32 Å². The maximum atomic E-state index is 13.3. The number of pyridine rings is 1. The highest BCUT2D eigenvalue weighted by atomic mass is 35.5. The number of H-pyrrole nitrogens is 1. The summed E-state index contributed by atoms with van der Waals surface area (Å²) in [5.74, 6) is 0.733. The van der Waals surface area contributed by atoms with E-state index < -0.39 is 5.41 Å². The van der Waals surface area contributed by atoms with E-state index in [4.69, 9.17) is 28.2 Å². The van der Waals surface area contributed by atoms with Crippen LogP contribution in [0.4, 0.5) is 0 Å². The lowest BCUT2D eigenvalue weighted by Crippen LogP contribution is -2.45. The molecule has 3 heterocycles. The smallest absolute Gasteiger partial charge is 0.224 e. The minimum Gasteiger partial charge on any atom is -0.506 e. The zero-order valence-electron chi connectivity index (χ0n) is 22.6. The number of carbonyl (C=O) groups is 1. The number of phenolic OH excluding ortho intramolecular Hbond substituents is 1. The minimum absolute atomic E-state index is 0.00601. The average molecular weight is 579 g/mol. The summed E-state index contributed by atoms with van der Waals surface area (Å²) < 4.78 is 0. The van der Waals surface area contributed by atoms with Gasteiger partial charge < -0.3 is 15.4 Å². The van der Waals surface area contributed by atoms with Crippen LogP contribution in [-0.2, 0) is 16.8 Å². The SMILES string of the molecule is CC(C)(CNC(=O)[C@@H]1CCCN(Cc2ccc(Cl)cc2)C1)c1nc(-c2ccc(Cl)c(O)c2)c(-c2ccncc2)[nH]1. The van der Waals surface area contributed by atoms with E-state index in [1.165, 1.54) is 5.56 Å². The quantitative estimate of drug-likeness (QED) is 0.223. The molecule has 0 aliphatic carbocycles. The first-order chi connectivity index (χ1) is 19.2. The molecule has 0 unspecified atom stereocenters. The van der Waals surface area contributed by atoms with Gasteiger partial charge in [-0.05, 0) is 61.3 Å². The van der Waals surface area contributed by atoms with Crippen LogP contribution in [0.5, 0.6) is 5.75 Å². The molecular weight excluding hydrogens is 545 g/mol. The molecule has 40 heavy (non-hydrogen) atoms. The molecule has 0 spiro atoms. The van der Waals surface area contributed by atoms with Crippen molar-refractivity contribution in [3.05, 3.63) is 88.4 Å². The Labute approximate surface area is 244 Å². The fourth-order valence-electron chi connectivity index (χ4n) is 5.09. The van der Waals surface area contributed by atoms with Crippen molar-refractivity contribution in [2.45, 2.75) is 38.6 Å². The van der Waals surface area contributed by atoms with Gasteiger partial charge >= 0.3 is 0 Å². The largest absolute Gasteiger partial charge is 0.506 e. The van der Waals surface area contributed by atoms with E-state index in [2.05, 4.69) is 34.0 Å². The minimum atomic E-state index is -0.484. The van der Waals surface area contributed by atoms with E-state index >= 15 is 0 Å². The van der Waals surface area contributed by atoms with Crippen LogP contribution in [0.15, 0.2) is 67.0 Å². The summed E-state index contributed by atoms with van der Waals surface area (Å²) in [4.78, 5) is 28.2. The van der Waals surface area contributed by atoms with E-state index in [-0.39, 0.29) is 22.6 Å². The fourth-order valence-corrected chi connectivity index (χ4v) is 5.33. The van der Waals surface area contributed by atoms with Gasteiger partial charge in [0.05, 0.1) is 22.3 Å². The highest BCUT2D eigenvalue weighted by Crippen LogP contribution is 2.36. The summed E-state index contributed by atoms with van der Waals surface area (Å²) in [5.41, 5.74) is 3.86. The highest BCUT2D eigenvalue weighted by molar-refractivity contribution is 6.32. The molecule has 2 aromatic carbocycles. The van der Waals surface area contributed by atoms with Gasteiger partial charge in [-0.2, -0.15) is 0 Å². The Morgan fingerprint density at radius 3 is 2.58 bits per heavy atom. The second-order valence-corrected chi connectivity index (χ2v) is 11.9. The predicted molar refractivity (Wildman–Crippen MR) is 159 cm³/mol. The van der Waals surface area contributed by atoms with Gasteiger partial charge in [0, 0.05) is 53.6 Å². The Morgan fingerprint density at radius 1 is 1.10 bits per heavy atom. The third-order valence-electron chi connectivity index (χ3n) is 7.43. The van der Waals surface area contributed by atoms with Gasteiger partial charge in [-0.3, -0.25) is 14.7 Å². The molecule has 0 bridgehead atoms. The van der Waals surface area contributed by atoms with Crippen LogP contribution in [-0.4, -0.2) is 50.5 Å². The van der Waals surface area contributed by atoms with Crippen molar-refractivity contribution in [3.63, 3.8) is 0 Å². The number of phenols is 1. The van der Waals surface area contributed by atoms with Crippen molar-refractivity contribution in [1.29, 1.82) is 0 Å². The summed E-state index contributed by atoms with van der Waals surface area (Å²) >= 11 is 12.1. The Kier molecular flexibility index (Phi) is 8.45. The van der Waals surface area contributed by atoms with Gasteiger partial charge in [-0.1, -0.05) is 55.2 Å². The van der Waals surface area contributed by atoms with E-state index in [0.29, 0.717) is 12.2 Å². The number of aromatic amines is 1. The number of hydrogen-bond donors (Lipinski definition) is 3. The van der Waals surface area contributed by atoms with Gasteiger partial charge in [0.2, 0.25) is 5.91 Å². The maximum Gasteiger partial charge on any atom is 0.224 e. The number of piperidine rings is 1. The molecule has 5 rings (SSSR count). The monoisotopic (exact) mass is 577 g/mol. The molecular formula is C31H33Cl2N5O2. The second-order valence-electron chi connectivity index (χ2n) is 11.0. The van der Waals surface area contributed by atoms with Gasteiger partial charge in [0.1, 0.15) is 11.6 Å². The van der Waals surface area contributed by atoms with Crippen LogP contribution in [0.2, 0.25) is 10.0 Å². The highest BCUT2D eigenvalue weighted by Gasteiger charge is 2.31. The molecule has 208 valence electrons. The van der Waals surface area contributed by atoms with Gasteiger partial charge in [0.15, 0.2) is 0 Å². The van der Waals surface area contributed by atoms with Crippen molar-refractivity contribution >= 4 is 29.1 Å². The molecule has 0 radical (unpaired) electrons. The molecule has 3 N–H and O–H groups in total. The van der Waals surface area contributed by atoms with Gasteiger partial charge in [-0.25, -0.2) is 4.98 Å². The molecule has 9 heteroatoms. The Morgan fingerprint density at radius 2 is 1.85 bits per heavy atom. The summed E-state index contributed by atoms with van der Waals surface area (Å²) in [6.45, 7) is 7.05. The molecule has 4 aromatic rings. The Hall–Kier alpha value is -3.39. The first-order valence-corrected chi connectivity index (χ1v) is 14.2. The molecule has 1 aliphatic rings. The number of amides is 1. The average Bonchev–Trinajstić information content (AvgIpc) is 3.42. The summed E-state index contributed by atoms with van der Waals surface area (Å²) in [6, 6.07) is 16.8. The number of halogens is 2. The van der Waals surface area contributed by atoms with Crippen molar-refractivity contribution < 1.29 is 9.90 Å². The molecule has 2 aromatic heterocycles. The number of rotatable bonds is 8. The van der Waals surface area contributed by atoms with Gasteiger partial charge in [-0.15, -0.1) is 0 Å². The third kappa shape index (κ3) is 6.49. The third-order valence-corrected chi connectivity index (χ3v) is 8.01. The van der Waals surface area contributed by atoms with Crippen LogP contribution >= 0.6 is 23.2 Å². The van der Waals surface area contributed by atoms with Crippen molar-refractivity contribution in [3.8, 4) is 28.3 Å². The van der Waals surface area contributed by atoms with Crippen molar-refractivity contribution in [1.82, 2.24) is 25.2 Å². The molecule has 7 nitrogen and oxygen atoms in total.